The van der Waals surface area contributed by atoms with Crippen LogP contribution in [0.25, 0.3) is 11.0 Å². The smallest absolute Gasteiger partial charge is 0.227 e. The zero-order chi connectivity index (χ0) is 12.5. The van der Waals surface area contributed by atoms with Gasteiger partial charge in [0.05, 0.1) is 6.61 Å². The van der Waals surface area contributed by atoms with Gasteiger partial charge in [0.2, 0.25) is 5.78 Å². The number of carbonyl (C=O) groups is 1. The molecule has 5 heteroatoms. The number of ketones is 1. The molecule has 0 aliphatic carbocycles. The Labute approximate surface area is 107 Å². The zero-order valence-corrected chi connectivity index (χ0v) is 10.3. The molecule has 3 nitrogen and oxygen atoms in total. The Morgan fingerprint density at radius 2 is 2.33 bits per heavy atom. The second-order valence-corrected chi connectivity index (χ2v) is 5.22. The van der Waals surface area contributed by atoms with Gasteiger partial charge >= 0.3 is 0 Å². The van der Waals surface area contributed by atoms with E-state index in [0.717, 1.165) is 5.75 Å². The highest BCUT2D eigenvalue weighted by molar-refractivity contribution is 7.99. The third kappa shape index (κ3) is 2.04. The SMILES string of the molecule is O=C(c1cc2cccc(F)c2o1)C1CSCCO1. The molecule has 1 aromatic heterocycles. The van der Waals surface area contributed by atoms with E-state index in [4.69, 9.17) is 9.15 Å². The molecule has 1 saturated heterocycles. The van der Waals surface area contributed by atoms with Crippen LogP contribution in [0.5, 0.6) is 0 Å². The summed E-state index contributed by atoms with van der Waals surface area (Å²) in [6.07, 6.45) is -0.479. The molecule has 94 valence electrons. The first-order valence-corrected chi connectivity index (χ1v) is 6.83. The molecule has 18 heavy (non-hydrogen) atoms. The fraction of sp³-hybridized carbons (Fsp3) is 0.308. The summed E-state index contributed by atoms with van der Waals surface area (Å²) in [5.74, 6) is 1.03. The fourth-order valence-electron chi connectivity index (χ4n) is 1.95. The van der Waals surface area contributed by atoms with E-state index < -0.39 is 11.9 Å². The predicted molar refractivity (Wildman–Crippen MR) is 67.6 cm³/mol. The first kappa shape index (κ1) is 11.7. The standard InChI is InChI=1S/C13H11FO3S/c14-9-3-1-2-8-6-10(17-13(8)9)12(15)11-7-18-5-4-16-11/h1-3,6,11H,4-5,7H2. The van der Waals surface area contributed by atoms with Crippen LogP contribution in [-0.2, 0) is 4.74 Å². The van der Waals surface area contributed by atoms with Crippen LogP contribution in [0, 0.1) is 5.82 Å². The van der Waals surface area contributed by atoms with Gasteiger partial charge in [-0.25, -0.2) is 4.39 Å². The highest BCUT2D eigenvalue weighted by Crippen LogP contribution is 2.24. The number of para-hydroxylation sites is 1. The summed E-state index contributed by atoms with van der Waals surface area (Å²) >= 11 is 1.67. The molecule has 0 bridgehead atoms. The molecule has 0 radical (unpaired) electrons. The first-order valence-electron chi connectivity index (χ1n) is 5.67. The van der Waals surface area contributed by atoms with Gasteiger partial charge in [0.1, 0.15) is 6.10 Å². The number of furan rings is 1. The normalized spacial score (nSPS) is 20.2. The Balaban J connectivity index is 1.94. The van der Waals surface area contributed by atoms with Crippen molar-refractivity contribution in [3.05, 3.63) is 35.8 Å². The monoisotopic (exact) mass is 266 g/mol. The molecule has 3 rings (SSSR count). The van der Waals surface area contributed by atoms with Gasteiger partial charge < -0.3 is 9.15 Å². The van der Waals surface area contributed by atoms with Crippen molar-refractivity contribution in [2.75, 3.05) is 18.1 Å². The molecule has 1 fully saturated rings. The average molecular weight is 266 g/mol. The van der Waals surface area contributed by atoms with E-state index >= 15 is 0 Å². The van der Waals surface area contributed by atoms with Crippen molar-refractivity contribution in [2.45, 2.75) is 6.10 Å². The molecule has 1 aromatic carbocycles. The van der Waals surface area contributed by atoms with E-state index in [1.54, 1.807) is 30.0 Å². The molecule has 0 N–H and O–H groups in total. The number of ether oxygens (including phenoxy) is 1. The Bertz CT molecular complexity index is 587. The van der Waals surface area contributed by atoms with Gasteiger partial charge in [0, 0.05) is 16.9 Å². The van der Waals surface area contributed by atoms with Gasteiger partial charge in [-0.1, -0.05) is 12.1 Å². The molecular weight excluding hydrogens is 255 g/mol. The van der Waals surface area contributed by atoms with Crippen LogP contribution in [-0.4, -0.2) is 30.0 Å². The van der Waals surface area contributed by atoms with Crippen molar-refractivity contribution in [1.29, 1.82) is 0 Å². The number of Topliss-reactive ketones (excluding diaryl/α,β-unsaturated/α-hetero) is 1. The predicted octanol–water partition coefficient (Wildman–Crippen LogP) is 2.89. The average Bonchev–Trinajstić information content (AvgIpc) is 2.84. The van der Waals surface area contributed by atoms with Crippen LogP contribution < -0.4 is 0 Å². The lowest BCUT2D eigenvalue weighted by atomic mass is 10.2. The van der Waals surface area contributed by atoms with Crippen molar-refractivity contribution in [2.24, 2.45) is 0 Å². The van der Waals surface area contributed by atoms with Crippen LogP contribution in [0.2, 0.25) is 0 Å². The van der Waals surface area contributed by atoms with Gasteiger partial charge in [-0.3, -0.25) is 4.79 Å². The number of thioether (sulfide) groups is 1. The topological polar surface area (TPSA) is 39.4 Å². The molecule has 1 aliphatic heterocycles. The largest absolute Gasteiger partial charge is 0.450 e. The van der Waals surface area contributed by atoms with Crippen LogP contribution in [0.15, 0.2) is 28.7 Å². The van der Waals surface area contributed by atoms with Gasteiger partial charge in [-0.2, -0.15) is 11.8 Å². The van der Waals surface area contributed by atoms with Crippen molar-refractivity contribution in [3.63, 3.8) is 0 Å². The van der Waals surface area contributed by atoms with Gasteiger partial charge in [0.25, 0.3) is 0 Å². The maximum absolute atomic E-state index is 13.5. The minimum Gasteiger partial charge on any atom is -0.450 e. The first-order chi connectivity index (χ1) is 8.75. The molecule has 2 heterocycles. The fourth-order valence-corrected chi connectivity index (χ4v) is 2.79. The van der Waals surface area contributed by atoms with E-state index in [0.29, 0.717) is 17.7 Å². The number of carbonyl (C=O) groups excluding carboxylic acids is 1. The second-order valence-electron chi connectivity index (χ2n) is 4.07. The lowest BCUT2D eigenvalue weighted by Crippen LogP contribution is -2.31. The lowest BCUT2D eigenvalue weighted by molar-refractivity contribution is 0.0495. The number of hydrogen-bond acceptors (Lipinski definition) is 4. The highest BCUT2D eigenvalue weighted by Gasteiger charge is 2.26. The van der Waals surface area contributed by atoms with Gasteiger partial charge in [0.15, 0.2) is 17.2 Å². The molecule has 0 spiro atoms. The van der Waals surface area contributed by atoms with Crippen LogP contribution >= 0.6 is 11.8 Å². The summed E-state index contributed by atoms with van der Waals surface area (Å²) in [6, 6.07) is 6.19. The van der Waals surface area contributed by atoms with E-state index in [1.807, 2.05) is 0 Å². The lowest BCUT2D eigenvalue weighted by Gasteiger charge is -2.19. The number of fused-ring (bicyclic) bond motifs is 1. The molecule has 0 amide bonds. The maximum Gasteiger partial charge on any atom is 0.227 e. The quantitative estimate of drug-likeness (QED) is 0.783. The van der Waals surface area contributed by atoms with E-state index in [2.05, 4.69) is 0 Å². The molecule has 1 unspecified atom stereocenters. The van der Waals surface area contributed by atoms with Crippen LogP contribution in [0.1, 0.15) is 10.6 Å². The van der Waals surface area contributed by atoms with Crippen molar-refractivity contribution in [1.82, 2.24) is 0 Å². The summed E-state index contributed by atoms with van der Waals surface area (Å²) < 4.78 is 24.2. The molecule has 1 aliphatic rings. The highest BCUT2D eigenvalue weighted by atomic mass is 32.2. The van der Waals surface area contributed by atoms with Crippen LogP contribution in [0.4, 0.5) is 4.39 Å². The Morgan fingerprint density at radius 3 is 3.06 bits per heavy atom. The van der Waals surface area contributed by atoms with E-state index in [9.17, 15) is 9.18 Å². The van der Waals surface area contributed by atoms with Gasteiger partial charge in [-0.05, 0) is 12.1 Å². The summed E-state index contributed by atoms with van der Waals surface area (Å²) in [7, 11) is 0. The Hall–Kier alpha value is -1.33. The summed E-state index contributed by atoms with van der Waals surface area (Å²) in [4.78, 5) is 12.1. The van der Waals surface area contributed by atoms with Crippen molar-refractivity contribution >= 4 is 28.5 Å². The molecular formula is C13H11FO3S. The summed E-state index contributed by atoms with van der Waals surface area (Å²) in [5, 5.41) is 0.599. The molecule has 1 atom stereocenters. The van der Waals surface area contributed by atoms with Crippen molar-refractivity contribution in [3.8, 4) is 0 Å². The second kappa shape index (κ2) is 4.74. The minimum absolute atomic E-state index is 0.129. The molecule has 2 aromatic rings. The van der Waals surface area contributed by atoms with Crippen molar-refractivity contribution < 1.29 is 18.3 Å². The number of rotatable bonds is 2. The third-order valence-electron chi connectivity index (χ3n) is 2.85. The van der Waals surface area contributed by atoms with Gasteiger partial charge in [-0.15, -0.1) is 0 Å². The van der Waals surface area contributed by atoms with E-state index in [-0.39, 0.29) is 17.1 Å². The van der Waals surface area contributed by atoms with Crippen LogP contribution in [0.3, 0.4) is 0 Å². The molecule has 0 saturated carbocycles. The summed E-state index contributed by atoms with van der Waals surface area (Å²) in [6.45, 7) is 0.565. The number of halogens is 1. The zero-order valence-electron chi connectivity index (χ0n) is 9.52. The minimum atomic E-state index is -0.479. The number of hydrogen-bond donors (Lipinski definition) is 0. The third-order valence-corrected chi connectivity index (χ3v) is 3.84. The summed E-state index contributed by atoms with van der Waals surface area (Å²) in [5.41, 5.74) is 0.129. The Kier molecular flexibility index (Phi) is 3.09. The number of benzene rings is 1. The maximum atomic E-state index is 13.5. The van der Waals surface area contributed by atoms with E-state index in [1.165, 1.54) is 6.07 Å². The Morgan fingerprint density at radius 1 is 1.44 bits per heavy atom.